The molecule has 1 aromatic rings. The van der Waals surface area contributed by atoms with Crippen molar-refractivity contribution in [1.82, 2.24) is 5.32 Å². The zero-order valence-electron chi connectivity index (χ0n) is 16.6. The number of ether oxygens (including phenoxy) is 1. The van der Waals surface area contributed by atoms with Crippen LogP contribution in [0.2, 0.25) is 0 Å². The maximum absolute atomic E-state index is 12.4. The molecule has 0 aromatic heterocycles. The van der Waals surface area contributed by atoms with Gasteiger partial charge in [0.1, 0.15) is 5.75 Å². The molecule has 26 heavy (non-hydrogen) atoms. The Bertz CT molecular complexity index is 654. The van der Waals surface area contributed by atoms with Gasteiger partial charge in [-0.15, -0.1) is 0 Å². The molecular weight excluding hydrogens is 329 g/mol. The van der Waals surface area contributed by atoms with Crippen LogP contribution in [0.3, 0.4) is 0 Å². The van der Waals surface area contributed by atoms with Crippen molar-refractivity contribution in [2.75, 3.05) is 13.2 Å². The maximum Gasteiger partial charge on any atom is 0.494 e. The van der Waals surface area contributed by atoms with Crippen molar-refractivity contribution in [2.24, 2.45) is 5.92 Å². The molecule has 2 aliphatic rings. The smallest absolute Gasteiger partial charge is 0.493 e. The standard InChI is InChI=1S/C20H30BNO4/c1-6-22-18(23)15-10-16(21-25-19(2,3)20(4,5)26-21)12-17(11-15)24-13-14-8-7-9-14/h10-12,14H,6-9,13H2,1-5H3,(H,22,23). The number of amides is 1. The van der Waals surface area contributed by atoms with E-state index in [4.69, 9.17) is 14.0 Å². The summed E-state index contributed by atoms with van der Waals surface area (Å²) in [7, 11) is -0.513. The van der Waals surface area contributed by atoms with Gasteiger partial charge in [-0.25, -0.2) is 0 Å². The highest BCUT2D eigenvalue weighted by Crippen LogP contribution is 2.36. The van der Waals surface area contributed by atoms with Crippen molar-refractivity contribution < 1.29 is 18.8 Å². The summed E-state index contributed by atoms with van der Waals surface area (Å²) in [6, 6.07) is 5.57. The van der Waals surface area contributed by atoms with E-state index < -0.39 is 18.3 Å². The lowest BCUT2D eigenvalue weighted by atomic mass is 9.78. The molecule has 1 aliphatic heterocycles. The van der Waals surface area contributed by atoms with E-state index in [2.05, 4.69) is 5.32 Å². The second kappa shape index (κ2) is 7.24. The third kappa shape index (κ3) is 3.91. The van der Waals surface area contributed by atoms with Gasteiger partial charge >= 0.3 is 7.12 Å². The van der Waals surface area contributed by atoms with Crippen molar-refractivity contribution in [3.63, 3.8) is 0 Å². The summed E-state index contributed by atoms with van der Waals surface area (Å²) >= 11 is 0. The van der Waals surface area contributed by atoms with Gasteiger partial charge in [0.05, 0.1) is 17.8 Å². The second-order valence-corrected chi connectivity index (χ2v) is 8.35. The summed E-state index contributed by atoms with van der Waals surface area (Å²) < 4.78 is 18.3. The van der Waals surface area contributed by atoms with E-state index in [0.717, 1.165) is 5.46 Å². The van der Waals surface area contributed by atoms with Crippen LogP contribution in [0.25, 0.3) is 0 Å². The van der Waals surface area contributed by atoms with E-state index in [1.165, 1.54) is 19.3 Å². The molecular formula is C20H30BNO4. The summed E-state index contributed by atoms with van der Waals surface area (Å²) in [5.74, 6) is 1.22. The van der Waals surface area contributed by atoms with Crippen LogP contribution in [0.15, 0.2) is 18.2 Å². The molecule has 1 aromatic carbocycles. The molecule has 0 atom stereocenters. The number of carbonyl (C=O) groups is 1. The van der Waals surface area contributed by atoms with Gasteiger partial charge in [-0.3, -0.25) is 4.79 Å². The number of benzene rings is 1. The van der Waals surface area contributed by atoms with Crippen LogP contribution < -0.4 is 15.5 Å². The van der Waals surface area contributed by atoms with Gasteiger partial charge in [0, 0.05) is 12.1 Å². The van der Waals surface area contributed by atoms with Crippen LogP contribution in [-0.4, -0.2) is 37.4 Å². The van der Waals surface area contributed by atoms with E-state index in [9.17, 15) is 4.79 Å². The highest BCUT2D eigenvalue weighted by atomic mass is 16.7. The summed E-state index contributed by atoms with van der Waals surface area (Å²) in [6.07, 6.45) is 3.73. The fourth-order valence-corrected chi connectivity index (χ4v) is 3.09. The lowest BCUT2D eigenvalue weighted by molar-refractivity contribution is 0.00578. The van der Waals surface area contributed by atoms with Gasteiger partial charge in [0.2, 0.25) is 0 Å². The van der Waals surface area contributed by atoms with E-state index in [1.54, 1.807) is 6.07 Å². The Morgan fingerprint density at radius 3 is 2.38 bits per heavy atom. The lowest BCUT2D eigenvalue weighted by Crippen LogP contribution is -2.41. The zero-order valence-corrected chi connectivity index (χ0v) is 16.6. The average Bonchev–Trinajstić information content (AvgIpc) is 2.74. The van der Waals surface area contributed by atoms with Gasteiger partial charge in [0.15, 0.2) is 0 Å². The number of nitrogens with one attached hydrogen (secondary N) is 1. The van der Waals surface area contributed by atoms with E-state index in [0.29, 0.717) is 30.4 Å². The third-order valence-corrected chi connectivity index (χ3v) is 5.76. The summed E-state index contributed by atoms with van der Waals surface area (Å²) in [4.78, 5) is 12.4. The van der Waals surface area contributed by atoms with Crippen molar-refractivity contribution >= 4 is 18.5 Å². The van der Waals surface area contributed by atoms with Gasteiger partial charge in [-0.05, 0) is 77.0 Å². The zero-order chi connectivity index (χ0) is 18.9. The molecule has 1 saturated carbocycles. The predicted molar refractivity (Wildman–Crippen MR) is 103 cm³/mol. The Morgan fingerprint density at radius 2 is 1.85 bits per heavy atom. The van der Waals surface area contributed by atoms with Crippen LogP contribution in [0.1, 0.15) is 64.2 Å². The minimum Gasteiger partial charge on any atom is -0.493 e. The summed E-state index contributed by atoms with van der Waals surface area (Å²) in [6.45, 7) is 11.3. The van der Waals surface area contributed by atoms with E-state index >= 15 is 0 Å². The third-order valence-electron chi connectivity index (χ3n) is 5.76. The minimum atomic E-state index is -0.513. The van der Waals surface area contributed by atoms with Crippen molar-refractivity contribution in [3.05, 3.63) is 23.8 Å². The predicted octanol–water partition coefficient (Wildman–Crippen LogP) is 2.91. The van der Waals surface area contributed by atoms with Crippen LogP contribution in [-0.2, 0) is 9.31 Å². The Hall–Kier alpha value is -1.53. The Balaban J connectivity index is 1.85. The SMILES string of the molecule is CCNC(=O)c1cc(OCC2CCC2)cc(B2OC(C)(C)C(C)(C)O2)c1. The fraction of sp³-hybridized carbons (Fsp3) is 0.650. The summed E-state index contributed by atoms with van der Waals surface area (Å²) in [5, 5.41) is 2.85. The molecule has 1 amide bonds. The molecule has 0 spiro atoms. The largest absolute Gasteiger partial charge is 0.494 e. The number of carbonyl (C=O) groups excluding carboxylic acids is 1. The first-order valence-corrected chi connectivity index (χ1v) is 9.63. The quantitative estimate of drug-likeness (QED) is 0.794. The first kappa shape index (κ1) is 19.2. The monoisotopic (exact) mass is 359 g/mol. The van der Waals surface area contributed by atoms with Crippen molar-refractivity contribution in [1.29, 1.82) is 0 Å². The molecule has 1 N–H and O–H groups in total. The Morgan fingerprint density at radius 1 is 1.19 bits per heavy atom. The average molecular weight is 359 g/mol. The van der Waals surface area contributed by atoms with Gasteiger partial charge in [0.25, 0.3) is 5.91 Å². The molecule has 1 saturated heterocycles. The van der Waals surface area contributed by atoms with E-state index in [-0.39, 0.29) is 5.91 Å². The number of hydrogen-bond acceptors (Lipinski definition) is 4. The summed E-state index contributed by atoms with van der Waals surface area (Å²) in [5.41, 5.74) is 0.539. The van der Waals surface area contributed by atoms with Gasteiger partial charge in [-0.1, -0.05) is 6.42 Å². The lowest BCUT2D eigenvalue weighted by Gasteiger charge is -2.32. The van der Waals surface area contributed by atoms with E-state index in [1.807, 2.05) is 46.8 Å². The molecule has 0 radical (unpaired) electrons. The fourth-order valence-electron chi connectivity index (χ4n) is 3.09. The topological polar surface area (TPSA) is 56.8 Å². The maximum atomic E-state index is 12.4. The first-order valence-electron chi connectivity index (χ1n) is 9.63. The van der Waals surface area contributed by atoms with Crippen LogP contribution in [0, 0.1) is 5.92 Å². The van der Waals surface area contributed by atoms with Crippen molar-refractivity contribution in [2.45, 2.75) is 65.1 Å². The number of rotatable bonds is 6. The number of hydrogen-bond donors (Lipinski definition) is 1. The molecule has 0 bridgehead atoms. The molecule has 142 valence electrons. The molecule has 2 fully saturated rings. The minimum absolute atomic E-state index is 0.112. The van der Waals surface area contributed by atoms with Crippen LogP contribution in [0.4, 0.5) is 0 Å². The molecule has 1 heterocycles. The van der Waals surface area contributed by atoms with Crippen molar-refractivity contribution in [3.8, 4) is 5.75 Å². The molecule has 5 nitrogen and oxygen atoms in total. The first-order chi connectivity index (χ1) is 12.2. The Kier molecular flexibility index (Phi) is 5.36. The highest BCUT2D eigenvalue weighted by molar-refractivity contribution is 6.62. The van der Waals surface area contributed by atoms with Crippen LogP contribution in [0.5, 0.6) is 5.75 Å². The Labute approximate surface area is 156 Å². The van der Waals surface area contributed by atoms with Gasteiger partial charge < -0.3 is 19.4 Å². The van der Waals surface area contributed by atoms with Crippen LogP contribution >= 0.6 is 0 Å². The molecule has 3 rings (SSSR count). The molecule has 0 unspecified atom stereocenters. The van der Waals surface area contributed by atoms with Gasteiger partial charge in [-0.2, -0.15) is 0 Å². The highest BCUT2D eigenvalue weighted by Gasteiger charge is 2.51. The second-order valence-electron chi connectivity index (χ2n) is 8.35. The normalized spacial score (nSPS) is 21.3. The molecule has 1 aliphatic carbocycles. The molecule has 6 heteroatoms.